The maximum Gasteiger partial charge on any atom is 0.128 e. The van der Waals surface area contributed by atoms with Gasteiger partial charge in [-0.05, 0) is 70.3 Å². The number of hydrogen-bond donors (Lipinski definition) is 0. The van der Waals surface area contributed by atoms with Gasteiger partial charge in [0, 0.05) is 50.7 Å². The molecule has 0 amide bonds. The molecule has 2 saturated heterocycles. The Bertz CT molecular complexity index is 846. The molecule has 4 rings (SSSR count). The van der Waals surface area contributed by atoms with Gasteiger partial charge in [-0.2, -0.15) is 0 Å². The van der Waals surface area contributed by atoms with Gasteiger partial charge in [-0.25, -0.2) is 4.39 Å². The Labute approximate surface area is 193 Å². The molecule has 4 nitrogen and oxygen atoms in total. The third kappa shape index (κ3) is 6.61. The molecular formula is C27H39FN4. The summed E-state index contributed by atoms with van der Waals surface area (Å²) in [5.74, 6) is 0.310. The standard InChI is InChI=1S/C27H39FN4/c1-29-12-4-14-31(18-16-29)21-23-6-3-7-24(9-8-23)25-10-11-26(27(28)20-25)22-32-15-5-13-30(2)17-19-32/h3,6-11,20,23H,4-5,12-19,21-22H2,1-2H3. The second kappa shape index (κ2) is 11.4. The minimum Gasteiger partial charge on any atom is -0.305 e. The monoisotopic (exact) mass is 438 g/mol. The molecule has 2 fully saturated rings. The van der Waals surface area contributed by atoms with Crippen LogP contribution in [-0.2, 0) is 6.54 Å². The van der Waals surface area contributed by atoms with E-state index in [-0.39, 0.29) is 5.82 Å². The fourth-order valence-electron chi connectivity index (χ4n) is 4.90. The Morgan fingerprint density at radius 1 is 0.844 bits per heavy atom. The predicted molar refractivity (Wildman–Crippen MR) is 132 cm³/mol. The third-order valence-electron chi connectivity index (χ3n) is 7.03. The molecule has 0 N–H and O–H groups in total. The van der Waals surface area contributed by atoms with Crippen LogP contribution in [0.3, 0.4) is 0 Å². The fourth-order valence-corrected chi connectivity index (χ4v) is 4.90. The van der Waals surface area contributed by atoms with Gasteiger partial charge in [-0.15, -0.1) is 0 Å². The first-order valence-electron chi connectivity index (χ1n) is 12.2. The summed E-state index contributed by atoms with van der Waals surface area (Å²) in [6.07, 6.45) is 13.4. The van der Waals surface area contributed by atoms with Gasteiger partial charge in [0.2, 0.25) is 0 Å². The van der Waals surface area contributed by atoms with Crippen LogP contribution in [0.2, 0.25) is 0 Å². The largest absolute Gasteiger partial charge is 0.305 e. The molecule has 32 heavy (non-hydrogen) atoms. The van der Waals surface area contributed by atoms with Crippen molar-refractivity contribution in [2.45, 2.75) is 19.4 Å². The van der Waals surface area contributed by atoms with Crippen molar-refractivity contribution >= 4 is 5.57 Å². The Morgan fingerprint density at radius 3 is 2.31 bits per heavy atom. The van der Waals surface area contributed by atoms with E-state index in [0.717, 1.165) is 68.9 Å². The Morgan fingerprint density at radius 2 is 1.56 bits per heavy atom. The topological polar surface area (TPSA) is 13.0 Å². The van der Waals surface area contributed by atoms with Crippen molar-refractivity contribution in [3.63, 3.8) is 0 Å². The lowest BCUT2D eigenvalue weighted by molar-refractivity contribution is 0.265. The summed E-state index contributed by atoms with van der Waals surface area (Å²) < 4.78 is 15.0. The van der Waals surface area contributed by atoms with Crippen molar-refractivity contribution in [1.29, 1.82) is 0 Å². The smallest absolute Gasteiger partial charge is 0.128 e. The van der Waals surface area contributed by atoms with Crippen LogP contribution in [0.4, 0.5) is 4.39 Å². The van der Waals surface area contributed by atoms with Gasteiger partial charge in [0.1, 0.15) is 5.82 Å². The van der Waals surface area contributed by atoms with Crippen LogP contribution in [0.1, 0.15) is 24.0 Å². The molecule has 5 heteroatoms. The molecule has 0 aromatic heterocycles. The fraction of sp³-hybridized carbons (Fsp3) is 0.556. The minimum absolute atomic E-state index is 0.0899. The molecule has 3 aliphatic rings. The predicted octanol–water partition coefficient (Wildman–Crippen LogP) is 3.73. The molecule has 2 aliphatic heterocycles. The Kier molecular flexibility index (Phi) is 8.31. The van der Waals surface area contributed by atoms with E-state index in [0.29, 0.717) is 12.5 Å². The van der Waals surface area contributed by atoms with E-state index in [9.17, 15) is 4.39 Å². The van der Waals surface area contributed by atoms with Gasteiger partial charge in [0.05, 0.1) is 0 Å². The Hall–Kier alpha value is -1.79. The van der Waals surface area contributed by atoms with Crippen molar-refractivity contribution in [2.75, 3.05) is 73.0 Å². The van der Waals surface area contributed by atoms with Gasteiger partial charge in [-0.1, -0.05) is 42.5 Å². The lowest BCUT2D eigenvalue weighted by Crippen LogP contribution is -2.32. The van der Waals surface area contributed by atoms with Crippen LogP contribution in [0, 0.1) is 11.7 Å². The van der Waals surface area contributed by atoms with Crippen LogP contribution >= 0.6 is 0 Å². The zero-order chi connectivity index (χ0) is 22.3. The van der Waals surface area contributed by atoms with Crippen LogP contribution in [0.5, 0.6) is 0 Å². The zero-order valence-electron chi connectivity index (χ0n) is 19.8. The van der Waals surface area contributed by atoms with Gasteiger partial charge < -0.3 is 14.7 Å². The highest BCUT2D eigenvalue weighted by Gasteiger charge is 2.17. The van der Waals surface area contributed by atoms with Crippen LogP contribution in [-0.4, -0.2) is 92.6 Å². The van der Waals surface area contributed by atoms with Gasteiger partial charge in [0.15, 0.2) is 0 Å². The number of benzene rings is 1. The average Bonchev–Trinajstić information content (AvgIpc) is 3.22. The molecule has 0 bridgehead atoms. The van der Waals surface area contributed by atoms with Crippen molar-refractivity contribution in [2.24, 2.45) is 5.92 Å². The summed E-state index contributed by atoms with van der Waals surface area (Å²) in [6.45, 7) is 10.6. The number of rotatable bonds is 5. The summed E-state index contributed by atoms with van der Waals surface area (Å²) in [4.78, 5) is 9.72. The molecule has 1 unspecified atom stereocenters. The molecule has 1 aromatic carbocycles. The number of allylic oxidation sites excluding steroid dienone is 4. The number of halogens is 1. The van der Waals surface area contributed by atoms with Crippen molar-refractivity contribution in [3.8, 4) is 0 Å². The maximum atomic E-state index is 15.0. The Balaban J connectivity index is 1.36. The molecule has 0 spiro atoms. The third-order valence-corrected chi connectivity index (χ3v) is 7.03. The first-order valence-corrected chi connectivity index (χ1v) is 12.2. The van der Waals surface area contributed by atoms with E-state index in [2.05, 4.69) is 70.1 Å². The molecule has 1 aromatic rings. The summed E-state index contributed by atoms with van der Waals surface area (Å²) in [5.41, 5.74) is 2.84. The van der Waals surface area contributed by atoms with Crippen molar-refractivity contribution in [3.05, 3.63) is 65.5 Å². The number of likely N-dealkylation sites (N-methyl/N-ethyl adjacent to an activating group) is 2. The lowest BCUT2D eigenvalue weighted by Gasteiger charge is -2.22. The molecular weight excluding hydrogens is 399 g/mol. The van der Waals surface area contributed by atoms with E-state index < -0.39 is 0 Å². The van der Waals surface area contributed by atoms with Crippen LogP contribution < -0.4 is 0 Å². The summed E-state index contributed by atoms with van der Waals surface area (Å²) in [5, 5.41) is 0. The highest BCUT2D eigenvalue weighted by molar-refractivity contribution is 5.76. The first-order chi connectivity index (χ1) is 15.6. The van der Waals surface area contributed by atoms with Gasteiger partial charge in [-0.3, -0.25) is 4.90 Å². The highest BCUT2D eigenvalue weighted by atomic mass is 19.1. The molecule has 0 radical (unpaired) electrons. The zero-order valence-corrected chi connectivity index (χ0v) is 19.8. The first kappa shape index (κ1) is 23.4. The van der Waals surface area contributed by atoms with E-state index in [1.165, 1.54) is 19.5 Å². The van der Waals surface area contributed by atoms with E-state index >= 15 is 0 Å². The summed E-state index contributed by atoms with van der Waals surface area (Å²) >= 11 is 0. The SMILES string of the molecule is CN1CCCN(Cc2ccc(C3=CC=CC(CN4CCCN(C)CC4)C=C3)cc2F)CC1. The van der Waals surface area contributed by atoms with Gasteiger partial charge >= 0.3 is 0 Å². The number of nitrogens with zero attached hydrogens (tertiary/aromatic N) is 4. The average molecular weight is 439 g/mol. The van der Waals surface area contributed by atoms with Crippen molar-refractivity contribution < 1.29 is 4.39 Å². The van der Waals surface area contributed by atoms with Crippen molar-refractivity contribution in [1.82, 2.24) is 19.6 Å². The second-order valence-electron chi connectivity index (χ2n) is 9.73. The summed E-state index contributed by atoms with van der Waals surface area (Å²) in [6, 6.07) is 5.78. The van der Waals surface area contributed by atoms with Crippen LogP contribution in [0.15, 0.2) is 48.6 Å². The van der Waals surface area contributed by atoms with E-state index in [1.54, 1.807) is 6.07 Å². The summed E-state index contributed by atoms with van der Waals surface area (Å²) in [7, 11) is 4.38. The minimum atomic E-state index is -0.0899. The van der Waals surface area contributed by atoms with Crippen LogP contribution in [0.25, 0.3) is 5.57 Å². The van der Waals surface area contributed by atoms with E-state index in [1.807, 2.05) is 6.07 Å². The molecule has 2 heterocycles. The molecule has 1 aliphatic carbocycles. The van der Waals surface area contributed by atoms with E-state index in [4.69, 9.17) is 0 Å². The second-order valence-corrected chi connectivity index (χ2v) is 9.73. The highest BCUT2D eigenvalue weighted by Crippen LogP contribution is 2.24. The molecule has 174 valence electrons. The molecule has 0 saturated carbocycles. The van der Waals surface area contributed by atoms with Gasteiger partial charge in [0.25, 0.3) is 0 Å². The maximum absolute atomic E-state index is 15.0. The molecule has 1 atom stereocenters. The number of hydrogen-bond acceptors (Lipinski definition) is 4. The normalized spacial score (nSPS) is 24.7. The quantitative estimate of drug-likeness (QED) is 0.695. The lowest BCUT2D eigenvalue weighted by atomic mass is 10.0.